The smallest absolute Gasteiger partial charge is 0.250 e. The maximum Gasteiger partial charge on any atom is 0.250 e. The van der Waals surface area contributed by atoms with Crippen LogP contribution in [0, 0.1) is 5.92 Å². The molecule has 2 amide bonds. The monoisotopic (exact) mass is 314 g/mol. The van der Waals surface area contributed by atoms with E-state index in [4.69, 9.17) is 23.2 Å². The largest absolute Gasteiger partial charge is 0.342 e. The Kier molecular flexibility index (Phi) is 4.25. The van der Waals surface area contributed by atoms with Crippen molar-refractivity contribution in [2.24, 2.45) is 5.92 Å². The van der Waals surface area contributed by atoms with E-state index in [-0.39, 0.29) is 17.7 Å². The van der Waals surface area contributed by atoms with E-state index in [1.807, 2.05) is 13.8 Å². The van der Waals surface area contributed by atoms with E-state index in [0.717, 1.165) is 0 Å². The highest BCUT2D eigenvalue weighted by Crippen LogP contribution is 2.32. The molecule has 2 unspecified atom stereocenters. The molecule has 2 atom stereocenters. The van der Waals surface area contributed by atoms with Crippen molar-refractivity contribution in [2.45, 2.75) is 32.9 Å². The fourth-order valence-electron chi connectivity index (χ4n) is 2.25. The molecule has 1 fully saturated rings. The Hall–Kier alpha value is -1.26. The standard InChI is InChI=1S/C14H16Cl2N2O2/c1-7(2)12-14(20)18(8(3)13(19)17-12)11-5-4-9(15)6-10(11)16/h4-8,12H,1-3H3,(H,17,19). The Morgan fingerprint density at radius 3 is 2.45 bits per heavy atom. The maximum absolute atomic E-state index is 12.6. The molecule has 20 heavy (non-hydrogen) atoms. The number of amides is 2. The molecule has 1 saturated heterocycles. The van der Waals surface area contributed by atoms with Gasteiger partial charge in [-0.05, 0) is 31.0 Å². The molecule has 0 spiro atoms. The minimum atomic E-state index is -0.601. The van der Waals surface area contributed by atoms with Crippen LogP contribution in [0.1, 0.15) is 20.8 Å². The van der Waals surface area contributed by atoms with E-state index in [9.17, 15) is 9.59 Å². The Morgan fingerprint density at radius 2 is 1.90 bits per heavy atom. The van der Waals surface area contributed by atoms with Crippen molar-refractivity contribution in [1.82, 2.24) is 5.32 Å². The molecule has 1 aliphatic heterocycles. The van der Waals surface area contributed by atoms with Gasteiger partial charge in [-0.25, -0.2) is 0 Å². The van der Waals surface area contributed by atoms with Crippen LogP contribution in [0.3, 0.4) is 0 Å². The highest BCUT2D eigenvalue weighted by Gasteiger charge is 2.40. The molecule has 1 N–H and O–H groups in total. The van der Waals surface area contributed by atoms with E-state index in [2.05, 4.69) is 5.32 Å². The Labute approximate surface area is 128 Å². The van der Waals surface area contributed by atoms with Crippen LogP contribution < -0.4 is 10.2 Å². The van der Waals surface area contributed by atoms with E-state index in [1.165, 1.54) is 4.90 Å². The summed E-state index contributed by atoms with van der Waals surface area (Å²) < 4.78 is 0. The van der Waals surface area contributed by atoms with Crippen molar-refractivity contribution < 1.29 is 9.59 Å². The van der Waals surface area contributed by atoms with Gasteiger partial charge in [0.05, 0.1) is 10.7 Å². The lowest BCUT2D eigenvalue weighted by Crippen LogP contribution is -2.64. The lowest BCUT2D eigenvalue weighted by atomic mass is 9.98. The lowest BCUT2D eigenvalue weighted by Gasteiger charge is -2.39. The summed E-state index contributed by atoms with van der Waals surface area (Å²) in [5.41, 5.74) is 0.508. The minimum absolute atomic E-state index is 0.00697. The van der Waals surface area contributed by atoms with Crippen LogP contribution in [0.5, 0.6) is 0 Å². The molecule has 1 heterocycles. The van der Waals surface area contributed by atoms with Gasteiger partial charge in [-0.15, -0.1) is 0 Å². The van der Waals surface area contributed by atoms with Crippen molar-refractivity contribution in [1.29, 1.82) is 0 Å². The van der Waals surface area contributed by atoms with E-state index < -0.39 is 12.1 Å². The average Bonchev–Trinajstić information content (AvgIpc) is 2.36. The number of piperazine rings is 1. The van der Waals surface area contributed by atoms with Gasteiger partial charge in [0.15, 0.2) is 0 Å². The molecule has 4 nitrogen and oxygen atoms in total. The number of nitrogens with one attached hydrogen (secondary N) is 1. The first kappa shape index (κ1) is 15.1. The molecule has 1 aliphatic rings. The summed E-state index contributed by atoms with van der Waals surface area (Å²) in [6.45, 7) is 5.45. The van der Waals surface area contributed by atoms with Gasteiger partial charge in [0.25, 0.3) is 5.91 Å². The number of anilines is 1. The highest BCUT2D eigenvalue weighted by atomic mass is 35.5. The predicted octanol–water partition coefficient (Wildman–Crippen LogP) is 2.87. The molecule has 0 bridgehead atoms. The molecule has 2 rings (SSSR count). The third-order valence-corrected chi connectivity index (χ3v) is 3.94. The molecule has 108 valence electrons. The molecule has 0 radical (unpaired) electrons. The van der Waals surface area contributed by atoms with Crippen molar-refractivity contribution in [3.05, 3.63) is 28.2 Å². The van der Waals surface area contributed by atoms with Crippen LogP contribution in [-0.2, 0) is 9.59 Å². The van der Waals surface area contributed by atoms with Gasteiger partial charge in [-0.2, -0.15) is 0 Å². The van der Waals surface area contributed by atoms with Crippen molar-refractivity contribution in [2.75, 3.05) is 4.90 Å². The molecular formula is C14H16Cl2N2O2. The molecular weight excluding hydrogens is 299 g/mol. The van der Waals surface area contributed by atoms with Gasteiger partial charge in [-0.3, -0.25) is 14.5 Å². The maximum atomic E-state index is 12.6. The first-order valence-corrected chi connectivity index (χ1v) is 7.17. The lowest BCUT2D eigenvalue weighted by molar-refractivity contribution is -0.134. The highest BCUT2D eigenvalue weighted by molar-refractivity contribution is 6.37. The van der Waals surface area contributed by atoms with Gasteiger partial charge in [0, 0.05) is 5.02 Å². The number of nitrogens with zero attached hydrogens (tertiary/aromatic N) is 1. The summed E-state index contributed by atoms with van der Waals surface area (Å²) in [7, 11) is 0. The second-order valence-electron chi connectivity index (χ2n) is 5.21. The van der Waals surface area contributed by atoms with Crippen LogP contribution in [0.15, 0.2) is 18.2 Å². The summed E-state index contributed by atoms with van der Waals surface area (Å²) >= 11 is 12.0. The van der Waals surface area contributed by atoms with Crippen LogP contribution in [-0.4, -0.2) is 23.9 Å². The van der Waals surface area contributed by atoms with Gasteiger partial charge in [-0.1, -0.05) is 37.0 Å². The number of rotatable bonds is 2. The summed E-state index contributed by atoms with van der Waals surface area (Å²) in [5, 5.41) is 3.59. The first-order chi connectivity index (χ1) is 9.32. The van der Waals surface area contributed by atoms with Crippen molar-refractivity contribution >= 4 is 40.7 Å². The predicted molar refractivity (Wildman–Crippen MR) is 80.2 cm³/mol. The number of carbonyl (C=O) groups excluding carboxylic acids is 2. The topological polar surface area (TPSA) is 49.4 Å². The zero-order valence-electron chi connectivity index (χ0n) is 11.5. The van der Waals surface area contributed by atoms with Crippen molar-refractivity contribution in [3.8, 4) is 0 Å². The summed E-state index contributed by atoms with van der Waals surface area (Å²) in [6.07, 6.45) is 0. The summed E-state index contributed by atoms with van der Waals surface area (Å²) in [5.74, 6) is -0.335. The number of hydrogen-bond acceptors (Lipinski definition) is 2. The molecule has 6 heteroatoms. The van der Waals surface area contributed by atoms with Crippen LogP contribution in [0.2, 0.25) is 10.0 Å². The molecule has 1 aromatic rings. The first-order valence-electron chi connectivity index (χ1n) is 6.41. The summed E-state index contributed by atoms with van der Waals surface area (Å²) in [4.78, 5) is 26.1. The normalized spacial score (nSPS) is 23.2. The number of benzene rings is 1. The second-order valence-corrected chi connectivity index (χ2v) is 6.05. The van der Waals surface area contributed by atoms with Gasteiger partial charge >= 0.3 is 0 Å². The van der Waals surface area contributed by atoms with E-state index >= 15 is 0 Å². The molecule has 0 aromatic heterocycles. The zero-order valence-corrected chi connectivity index (χ0v) is 13.0. The van der Waals surface area contributed by atoms with Crippen LogP contribution in [0.4, 0.5) is 5.69 Å². The molecule has 0 saturated carbocycles. The third kappa shape index (κ3) is 2.63. The number of carbonyl (C=O) groups is 2. The Balaban J connectivity index is 2.46. The zero-order chi connectivity index (χ0) is 15.0. The van der Waals surface area contributed by atoms with Gasteiger partial charge in [0.1, 0.15) is 12.1 Å². The number of halogens is 2. The molecule has 0 aliphatic carbocycles. The second kappa shape index (κ2) is 5.62. The van der Waals surface area contributed by atoms with E-state index in [0.29, 0.717) is 15.7 Å². The van der Waals surface area contributed by atoms with Crippen LogP contribution in [0.25, 0.3) is 0 Å². The van der Waals surface area contributed by atoms with Gasteiger partial charge < -0.3 is 5.32 Å². The average molecular weight is 315 g/mol. The summed E-state index contributed by atoms with van der Waals surface area (Å²) in [6, 6.07) is 3.74. The fraction of sp³-hybridized carbons (Fsp3) is 0.429. The SMILES string of the molecule is CC(C)C1NC(=O)C(C)N(c2ccc(Cl)cc2Cl)C1=O. The van der Waals surface area contributed by atoms with E-state index in [1.54, 1.807) is 25.1 Å². The van der Waals surface area contributed by atoms with Crippen LogP contribution >= 0.6 is 23.2 Å². The van der Waals surface area contributed by atoms with Gasteiger partial charge in [0.2, 0.25) is 5.91 Å². The Bertz CT molecular complexity index is 560. The fourth-order valence-corrected chi connectivity index (χ4v) is 2.75. The van der Waals surface area contributed by atoms with Crippen molar-refractivity contribution in [3.63, 3.8) is 0 Å². The third-order valence-electron chi connectivity index (χ3n) is 3.40. The quantitative estimate of drug-likeness (QED) is 0.912. The minimum Gasteiger partial charge on any atom is -0.342 e. The number of hydrogen-bond donors (Lipinski definition) is 1. The Morgan fingerprint density at radius 1 is 1.25 bits per heavy atom. The molecule has 1 aromatic carbocycles.